The van der Waals surface area contributed by atoms with Crippen molar-refractivity contribution in [3.8, 4) is 0 Å². The molecule has 3 heterocycles. The van der Waals surface area contributed by atoms with Crippen molar-refractivity contribution in [1.29, 1.82) is 0 Å². The SMILES string of the molecule is CC(=O)O[C@H]1CSC2C3C(CC[C@@]21C)[C@@]1(C)CC[C@H](O)CC1=C[C@@H]3O.CC(=O)O[C@H]1CSC2C3C(CC[C@@]21C)[C@@]1(C)CC[C@H](OCCCCC=O)CC1=C[C@@H]3O.CCC(=O)O[C@H]1CSC2C3C(CC[C@@]21CO)[C@@]1(C)CC[C@H](O)CC1=C[C@@H]3O. The van der Waals surface area contributed by atoms with Crippen LogP contribution in [-0.2, 0) is 38.1 Å². The number of thioether (sulfide) groups is 3. The van der Waals surface area contributed by atoms with Crippen molar-refractivity contribution in [3.05, 3.63) is 34.9 Å². The van der Waals surface area contributed by atoms with Crippen molar-refractivity contribution >= 4 is 59.5 Å². The molecule has 24 atom stereocenters. The van der Waals surface area contributed by atoms with Gasteiger partial charge in [-0.05, 0) is 143 Å². The Kier molecular flexibility index (Phi) is 19.4. The third-order valence-electron chi connectivity index (χ3n) is 24.4. The minimum absolute atomic E-state index is 0.00569. The molecule has 0 aromatic rings. The van der Waals surface area contributed by atoms with E-state index in [4.69, 9.17) is 18.9 Å². The summed E-state index contributed by atoms with van der Waals surface area (Å²) in [5.41, 5.74) is 3.56. The minimum Gasteiger partial charge on any atom is -0.461 e. The van der Waals surface area contributed by atoms with E-state index < -0.39 is 23.7 Å². The minimum atomic E-state index is -0.562. The number of fused-ring (bicyclic) bond motifs is 15. The molecule has 12 rings (SSSR count). The highest BCUT2D eigenvalue weighted by molar-refractivity contribution is 8.00. The molecule has 6 saturated carbocycles. The lowest BCUT2D eigenvalue weighted by atomic mass is 9.49. The monoisotopic (exact) mass is 1210 g/mol. The molecule has 3 saturated heterocycles. The third-order valence-corrected chi connectivity index (χ3v) is 29.5. The van der Waals surface area contributed by atoms with E-state index in [-0.39, 0.29) is 111 Å². The lowest BCUT2D eigenvalue weighted by molar-refractivity contribution is -0.161. The predicted octanol–water partition coefficient (Wildman–Crippen LogP) is 9.51. The van der Waals surface area contributed by atoms with Crippen LogP contribution in [0.25, 0.3) is 0 Å². The van der Waals surface area contributed by atoms with Crippen LogP contribution in [0.15, 0.2) is 34.9 Å². The van der Waals surface area contributed by atoms with Gasteiger partial charge in [0.05, 0.1) is 43.2 Å². The van der Waals surface area contributed by atoms with Gasteiger partial charge in [0.15, 0.2) is 0 Å². The van der Waals surface area contributed by atoms with Gasteiger partial charge in [0.25, 0.3) is 0 Å². The topological polar surface area (TPSA) is 227 Å². The molecular weight excluding hydrogens is 1110 g/mol. The highest BCUT2D eigenvalue weighted by atomic mass is 32.2. The van der Waals surface area contributed by atoms with E-state index in [2.05, 4.69) is 46.8 Å². The van der Waals surface area contributed by atoms with Gasteiger partial charge in [0, 0.05) is 100 Å². The van der Waals surface area contributed by atoms with Crippen LogP contribution >= 0.6 is 35.3 Å². The van der Waals surface area contributed by atoms with E-state index in [0.29, 0.717) is 66.3 Å². The Hall–Kier alpha value is -1.93. The Balaban J connectivity index is 0.000000140. The quantitative estimate of drug-likeness (QED) is 0.0372. The summed E-state index contributed by atoms with van der Waals surface area (Å²) in [6.45, 7) is 17.1. The Bertz CT molecular complexity index is 2490. The fourth-order valence-corrected chi connectivity index (χ4v) is 25.7. The smallest absolute Gasteiger partial charge is 0.305 e. The van der Waals surface area contributed by atoms with Crippen LogP contribution in [0.1, 0.15) is 177 Å². The molecule has 17 heteroatoms. The second-order valence-electron chi connectivity index (χ2n) is 28.9. The maximum Gasteiger partial charge on any atom is 0.305 e. The number of hydrogen-bond acceptors (Lipinski definition) is 17. The number of rotatable bonds is 11. The Labute approximate surface area is 507 Å². The Morgan fingerprint density at radius 2 is 1.00 bits per heavy atom. The summed E-state index contributed by atoms with van der Waals surface area (Å²) >= 11 is 5.55. The normalized spacial score (nSPS) is 47.9. The number of carbonyl (C=O) groups excluding carboxylic acids is 4. The molecule has 6 N–H and O–H groups in total. The molecular formula is C66H100O14S3. The molecule has 9 unspecified atom stereocenters. The van der Waals surface area contributed by atoms with Crippen LogP contribution in [0.3, 0.4) is 0 Å². The van der Waals surface area contributed by atoms with Crippen molar-refractivity contribution in [2.45, 2.75) is 248 Å². The number of unbranched alkanes of at least 4 members (excludes halogenated alkanes) is 2. The van der Waals surface area contributed by atoms with Crippen molar-refractivity contribution in [3.63, 3.8) is 0 Å². The fourth-order valence-electron chi connectivity index (χ4n) is 19.5. The molecule has 83 heavy (non-hydrogen) atoms. The van der Waals surface area contributed by atoms with Gasteiger partial charge < -0.3 is 54.4 Å². The predicted molar refractivity (Wildman–Crippen MR) is 324 cm³/mol. The lowest BCUT2D eigenvalue weighted by Gasteiger charge is -2.58. The van der Waals surface area contributed by atoms with E-state index in [0.717, 1.165) is 114 Å². The van der Waals surface area contributed by atoms with Gasteiger partial charge in [0.1, 0.15) is 24.6 Å². The van der Waals surface area contributed by atoms with Crippen molar-refractivity contribution in [1.82, 2.24) is 0 Å². The van der Waals surface area contributed by atoms with Crippen LogP contribution in [0, 0.1) is 68.0 Å². The fraction of sp³-hybridized carbons (Fsp3) is 0.848. The summed E-state index contributed by atoms with van der Waals surface area (Å²) in [4.78, 5) is 45.5. The molecule has 0 amide bonds. The zero-order valence-electron chi connectivity index (χ0n) is 50.8. The third kappa shape index (κ3) is 11.6. The maximum atomic E-state index is 11.9. The standard InChI is InChI=1S/C25H38O5S.C21H32O5S.C20H30O4S/c1-16(27)30-21-15-31-23-22-19(8-10-25(21,23)3)24(2)9-7-18(13-17(24)14-20(22)28)29-12-6-4-5-11-26;1-3-17(25)26-16-10-27-19-18-14(5-7-21(16,19)11-22)20(2)6-4-13(23)8-12(20)9-15(18)24;1-11(21)24-16-10-25-18-17-14(5-7-20(16,18)3)19(2)6-4-13(22)8-12(19)9-15(17)23/h11,14,18-23,28H,4-10,12-13,15H2,1-3H3;9,13-16,18-19,22-24H,3-8,10-11H2,1-2H3;9,13-18,22-23H,4-8,10H2,1-3H3/t18-,19?,20-,21-,22?,23?,24-,25+;13-,14?,15-,16-,18?,19?,20-,21-;13-,14?,15-,16-,17?,18?,19-,20+/m000/s1. The molecule has 0 aromatic carbocycles. The number of aliphatic hydroxyl groups excluding tert-OH is 6. The second-order valence-corrected chi connectivity index (χ2v) is 32.4. The van der Waals surface area contributed by atoms with Gasteiger partial charge in [-0.15, -0.1) is 0 Å². The lowest BCUT2D eigenvalue weighted by Crippen LogP contribution is -2.59. The molecule has 0 bridgehead atoms. The van der Waals surface area contributed by atoms with E-state index in [1.54, 1.807) is 18.7 Å². The highest BCUT2D eigenvalue weighted by Crippen LogP contribution is 2.68. The number of esters is 3. The summed E-state index contributed by atoms with van der Waals surface area (Å²) in [5.74, 6) is 3.53. The molecule has 9 aliphatic carbocycles. The first kappa shape index (κ1) is 64.1. The number of aliphatic hydroxyl groups is 6. The molecule has 14 nitrogen and oxygen atoms in total. The first-order valence-electron chi connectivity index (χ1n) is 32.0. The van der Waals surface area contributed by atoms with Crippen LogP contribution in [0.2, 0.25) is 0 Å². The molecule has 9 fully saturated rings. The first-order valence-corrected chi connectivity index (χ1v) is 35.1. The number of carbonyl (C=O) groups is 4. The average molecular weight is 1210 g/mol. The summed E-state index contributed by atoms with van der Waals surface area (Å²) in [5, 5.41) is 64.6. The molecule has 3 aliphatic heterocycles. The van der Waals surface area contributed by atoms with E-state index in [9.17, 15) is 49.8 Å². The molecule has 0 aromatic heterocycles. The number of aldehydes is 1. The molecule has 12 aliphatic rings. The Morgan fingerprint density at radius 1 is 0.566 bits per heavy atom. The van der Waals surface area contributed by atoms with Crippen LogP contribution in [0.5, 0.6) is 0 Å². The van der Waals surface area contributed by atoms with Crippen molar-refractivity contribution in [2.24, 2.45) is 68.0 Å². The van der Waals surface area contributed by atoms with Gasteiger partial charge in [0.2, 0.25) is 0 Å². The average Bonchev–Trinajstić information content (AvgIpc) is 3.98. The zero-order valence-corrected chi connectivity index (χ0v) is 53.3. The van der Waals surface area contributed by atoms with Crippen molar-refractivity contribution < 1.29 is 68.8 Å². The van der Waals surface area contributed by atoms with Gasteiger partial charge in [-0.2, -0.15) is 35.3 Å². The van der Waals surface area contributed by atoms with E-state index in [1.165, 1.54) is 30.6 Å². The zero-order chi connectivity index (χ0) is 59.6. The summed E-state index contributed by atoms with van der Waals surface area (Å²) in [7, 11) is 0. The van der Waals surface area contributed by atoms with Gasteiger partial charge in [-0.3, -0.25) is 14.4 Å². The maximum absolute atomic E-state index is 11.9. The van der Waals surface area contributed by atoms with E-state index in [1.807, 2.05) is 29.6 Å². The Morgan fingerprint density at radius 3 is 1.46 bits per heavy atom. The van der Waals surface area contributed by atoms with Gasteiger partial charge in [-0.25, -0.2) is 0 Å². The van der Waals surface area contributed by atoms with Crippen LogP contribution in [-0.4, -0.2) is 156 Å². The highest BCUT2D eigenvalue weighted by Gasteiger charge is 2.66. The number of hydrogen-bond donors (Lipinski definition) is 6. The van der Waals surface area contributed by atoms with Crippen LogP contribution < -0.4 is 0 Å². The summed E-state index contributed by atoms with van der Waals surface area (Å²) in [6.07, 6.45) is 21.9. The van der Waals surface area contributed by atoms with E-state index >= 15 is 0 Å². The first-order chi connectivity index (χ1) is 39.4. The summed E-state index contributed by atoms with van der Waals surface area (Å²) in [6, 6.07) is 0. The van der Waals surface area contributed by atoms with Crippen molar-refractivity contribution in [2.75, 3.05) is 30.5 Å². The van der Waals surface area contributed by atoms with Gasteiger partial charge in [-0.1, -0.05) is 76.5 Å². The molecule has 466 valence electrons. The van der Waals surface area contributed by atoms with Gasteiger partial charge >= 0.3 is 17.9 Å². The second kappa shape index (κ2) is 25.2. The number of ether oxygens (including phenoxy) is 4. The molecule has 0 radical (unpaired) electrons. The summed E-state index contributed by atoms with van der Waals surface area (Å²) < 4.78 is 23.2. The van der Waals surface area contributed by atoms with Crippen LogP contribution in [0.4, 0.5) is 0 Å². The largest absolute Gasteiger partial charge is 0.461 e. The molecule has 0 spiro atoms.